The molecule has 0 radical (unpaired) electrons. The van der Waals surface area contributed by atoms with Gasteiger partial charge in [-0.1, -0.05) is 0 Å². The number of carbonyl (C=O) groups is 1. The monoisotopic (exact) mass is 218 g/mol. The van der Waals surface area contributed by atoms with E-state index in [1.165, 1.54) is 19.3 Å². The third kappa shape index (κ3) is 1.11. The van der Waals surface area contributed by atoms with Gasteiger partial charge >= 0.3 is 0 Å². The molecule has 0 aromatic rings. The number of rotatable bonds is 2. The number of ketones is 1. The van der Waals surface area contributed by atoms with Crippen molar-refractivity contribution in [3.63, 3.8) is 0 Å². The maximum Gasteiger partial charge on any atom is 0.165 e. The lowest BCUT2D eigenvalue weighted by atomic mass is 9.94. The van der Waals surface area contributed by atoms with Crippen molar-refractivity contribution in [3.8, 4) is 0 Å². The predicted octanol–water partition coefficient (Wildman–Crippen LogP) is 2.54. The Hall–Kier alpha value is -0.790. The Kier molecular flexibility index (Phi) is 1.80. The summed E-state index contributed by atoms with van der Waals surface area (Å²) < 4.78 is 5.29. The van der Waals surface area contributed by atoms with Crippen molar-refractivity contribution in [2.45, 2.75) is 32.1 Å². The molecule has 0 N–H and O–H groups in total. The van der Waals surface area contributed by atoms with Gasteiger partial charge in [0.05, 0.1) is 12.9 Å². The zero-order valence-electron chi connectivity index (χ0n) is 9.52. The standard InChI is InChI=1S/C14H18O2/c15-14(10-2-1-5-16-7-10)13-11-8-3-4-9(6-8)12(11)13/h7-9,11-13H,1-6H2. The zero-order chi connectivity index (χ0) is 10.7. The van der Waals surface area contributed by atoms with E-state index in [0.29, 0.717) is 11.7 Å². The van der Waals surface area contributed by atoms with E-state index < -0.39 is 0 Å². The first-order chi connectivity index (χ1) is 7.86. The minimum absolute atomic E-state index is 0.402. The minimum Gasteiger partial charge on any atom is -0.501 e. The van der Waals surface area contributed by atoms with Crippen molar-refractivity contribution >= 4 is 5.78 Å². The molecule has 3 saturated carbocycles. The van der Waals surface area contributed by atoms with Gasteiger partial charge in [0, 0.05) is 11.5 Å². The molecule has 86 valence electrons. The van der Waals surface area contributed by atoms with Crippen LogP contribution in [0.25, 0.3) is 0 Å². The number of carbonyl (C=O) groups excluding carboxylic acids is 1. The number of Topliss-reactive ketones (excluding diaryl/α,β-unsaturated/α-hetero) is 1. The average Bonchev–Trinajstić information content (AvgIpc) is 2.77. The summed E-state index contributed by atoms with van der Waals surface area (Å²) in [5.74, 6) is 4.18. The van der Waals surface area contributed by atoms with Gasteiger partial charge in [-0.25, -0.2) is 0 Å². The molecule has 2 nitrogen and oxygen atoms in total. The van der Waals surface area contributed by atoms with Crippen LogP contribution >= 0.6 is 0 Å². The molecule has 4 rings (SSSR count). The first-order valence-electron chi connectivity index (χ1n) is 6.71. The normalized spacial score (nSPS) is 48.2. The first kappa shape index (κ1) is 9.26. The Labute approximate surface area is 96.0 Å². The zero-order valence-corrected chi connectivity index (χ0v) is 9.52. The van der Waals surface area contributed by atoms with Gasteiger partial charge in [0.15, 0.2) is 5.78 Å². The molecule has 3 fully saturated rings. The van der Waals surface area contributed by atoms with Crippen molar-refractivity contribution in [1.29, 1.82) is 0 Å². The molecular weight excluding hydrogens is 200 g/mol. The van der Waals surface area contributed by atoms with Crippen molar-refractivity contribution in [3.05, 3.63) is 11.8 Å². The first-order valence-corrected chi connectivity index (χ1v) is 6.71. The Balaban J connectivity index is 1.52. The molecule has 3 aliphatic carbocycles. The predicted molar refractivity (Wildman–Crippen MR) is 59.6 cm³/mol. The van der Waals surface area contributed by atoms with E-state index in [1.54, 1.807) is 6.26 Å². The van der Waals surface area contributed by atoms with Gasteiger partial charge in [-0.3, -0.25) is 4.79 Å². The molecule has 1 aliphatic heterocycles. The van der Waals surface area contributed by atoms with Gasteiger partial charge in [0.2, 0.25) is 0 Å². The Bertz CT molecular complexity index is 355. The van der Waals surface area contributed by atoms with Crippen molar-refractivity contribution < 1.29 is 9.53 Å². The molecule has 2 bridgehead atoms. The van der Waals surface area contributed by atoms with E-state index in [2.05, 4.69) is 0 Å². The van der Waals surface area contributed by atoms with Crippen LogP contribution in [0.15, 0.2) is 11.8 Å². The summed E-state index contributed by atoms with van der Waals surface area (Å²) in [6.45, 7) is 0.791. The van der Waals surface area contributed by atoms with E-state index in [-0.39, 0.29) is 0 Å². The highest BCUT2D eigenvalue weighted by molar-refractivity contribution is 5.99. The van der Waals surface area contributed by atoms with Crippen LogP contribution in [-0.2, 0) is 9.53 Å². The highest BCUT2D eigenvalue weighted by atomic mass is 16.5. The van der Waals surface area contributed by atoms with Crippen LogP contribution < -0.4 is 0 Å². The number of hydrogen-bond donors (Lipinski definition) is 0. The number of ether oxygens (including phenoxy) is 1. The molecule has 16 heavy (non-hydrogen) atoms. The second-order valence-electron chi connectivity index (χ2n) is 6.00. The van der Waals surface area contributed by atoms with E-state index in [1.807, 2.05) is 0 Å². The largest absolute Gasteiger partial charge is 0.501 e. The maximum absolute atomic E-state index is 12.3. The molecular formula is C14H18O2. The molecule has 2 heteroatoms. The lowest BCUT2D eigenvalue weighted by Crippen LogP contribution is -2.15. The van der Waals surface area contributed by atoms with Crippen LogP contribution in [0.5, 0.6) is 0 Å². The lowest BCUT2D eigenvalue weighted by Gasteiger charge is -2.14. The number of fused-ring (bicyclic) bond motifs is 5. The van der Waals surface area contributed by atoms with Crippen molar-refractivity contribution in [2.75, 3.05) is 6.61 Å². The molecule has 0 saturated heterocycles. The molecule has 0 spiro atoms. The number of hydrogen-bond acceptors (Lipinski definition) is 2. The van der Waals surface area contributed by atoms with Crippen LogP contribution in [0.1, 0.15) is 32.1 Å². The number of allylic oxidation sites excluding steroid dienone is 1. The van der Waals surface area contributed by atoms with Crippen LogP contribution in [-0.4, -0.2) is 12.4 Å². The van der Waals surface area contributed by atoms with E-state index >= 15 is 0 Å². The van der Waals surface area contributed by atoms with Crippen LogP contribution in [0, 0.1) is 29.6 Å². The lowest BCUT2D eigenvalue weighted by molar-refractivity contribution is -0.118. The van der Waals surface area contributed by atoms with Gasteiger partial charge in [0.25, 0.3) is 0 Å². The third-order valence-corrected chi connectivity index (χ3v) is 5.29. The molecule has 1 heterocycles. The fourth-order valence-corrected chi connectivity index (χ4v) is 4.64. The third-order valence-electron chi connectivity index (χ3n) is 5.29. The summed E-state index contributed by atoms with van der Waals surface area (Å²) in [6, 6.07) is 0. The smallest absolute Gasteiger partial charge is 0.165 e. The molecule has 4 unspecified atom stereocenters. The molecule has 4 aliphatic rings. The summed E-state index contributed by atoms with van der Waals surface area (Å²) in [4.78, 5) is 12.3. The van der Waals surface area contributed by atoms with Crippen LogP contribution in [0.2, 0.25) is 0 Å². The maximum atomic E-state index is 12.3. The summed E-state index contributed by atoms with van der Waals surface area (Å²) in [6.07, 6.45) is 7.92. The Morgan fingerprint density at radius 1 is 1.25 bits per heavy atom. The van der Waals surface area contributed by atoms with E-state index in [0.717, 1.165) is 48.7 Å². The Morgan fingerprint density at radius 3 is 2.62 bits per heavy atom. The van der Waals surface area contributed by atoms with Crippen molar-refractivity contribution in [1.82, 2.24) is 0 Å². The molecule has 0 amide bonds. The summed E-state index contributed by atoms with van der Waals surface area (Å²) in [7, 11) is 0. The summed E-state index contributed by atoms with van der Waals surface area (Å²) >= 11 is 0. The molecule has 0 aromatic heterocycles. The van der Waals surface area contributed by atoms with E-state index in [9.17, 15) is 4.79 Å². The summed E-state index contributed by atoms with van der Waals surface area (Å²) in [5.41, 5.74) is 0.977. The highest BCUT2D eigenvalue weighted by Crippen LogP contribution is 2.70. The van der Waals surface area contributed by atoms with Crippen molar-refractivity contribution in [2.24, 2.45) is 29.6 Å². The summed E-state index contributed by atoms with van der Waals surface area (Å²) in [5, 5.41) is 0. The van der Waals surface area contributed by atoms with Gasteiger partial charge in [0.1, 0.15) is 0 Å². The van der Waals surface area contributed by atoms with E-state index in [4.69, 9.17) is 4.74 Å². The van der Waals surface area contributed by atoms with Crippen LogP contribution in [0.3, 0.4) is 0 Å². The molecule has 4 atom stereocenters. The fourth-order valence-electron chi connectivity index (χ4n) is 4.64. The van der Waals surface area contributed by atoms with Gasteiger partial charge in [-0.15, -0.1) is 0 Å². The van der Waals surface area contributed by atoms with Gasteiger partial charge < -0.3 is 4.74 Å². The highest BCUT2D eigenvalue weighted by Gasteiger charge is 2.67. The molecule has 0 aromatic carbocycles. The second-order valence-corrected chi connectivity index (χ2v) is 6.00. The Morgan fingerprint density at radius 2 is 2.00 bits per heavy atom. The quantitative estimate of drug-likeness (QED) is 0.712. The van der Waals surface area contributed by atoms with Crippen LogP contribution in [0.4, 0.5) is 0 Å². The topological polar surface area (TPSA) is 26.3 Å². The second kappa shape index (κ2) is 3.12. The van der Waals surface area contributed by atoms with Gasteiger partial charge in [-0.2, -0.15) is 0 Å². The average molecular weight is 218 g/mol. The van der Waals surface area contributed by atoms with Gasteiger partial charge in [-0.05, 0) is 55.8 Å². The minimum atomic E-state index is 0.402. The fraction of sp³-hybridized carbons (Fsp3) is 0.786. The SMILES string of the molecule is O=C(C1=COCCC1)C1C2C3CCC(C3)C12.